The topological polar surface area (TPSA) is 153 Å². The molecule has 0 rings (SSSR count). The van der Waals surface area contributed by atoms with Gasteiger partial charge in [-0.3, -0.25) is 4.52 Å². The van der Waals surface area contributed by atoms with Crippen LogP contribution in [0.3, 0.4) is 0 Å². The monoisotopic (exact) mass is 403 g/mol. The second-order valence-electron chi connectivity index (χ2n) is 5.14. The minimum Gasteiger partial charge on any atom is -0.453 e. The van der Waals surface area contributed by atoms with E-state index in [0.717, 1.165) is 19.3 Å². The molecule has 26 heavy (non-hydrogen) atoms. The van der Waals surface area contributed by atoms with Crippen LogP contribution >= 0.6 is 7.82 Å². The zero-order valence-electron chi connectivity index (χ0n) is 15.0. The number of methoxy groups -OCH3 is 1. The van der Waals surface area contributed by atoms with E-state index in [4.69, 9.17) is 24.0 Å². The highest BCUT2D eigenvalue weighted by Crippen LogP contribution is 2.35. The van der Waals surface area contributed by atoms with Gasteiger partial charge in [-0.1, -0.05) is 6.42 Å². The summed E-state index contributed by atoms with van der Waals surface area (Å²) in [5.74, 6) is 0. The Labute approximate surface area is 153 Å². The van der Waals surface area contributed by atoms with Gasteiger partial charge in [0, 0.05) is 6.54 Å². The molecule has 0 bridgehead atoms. The summed E-state index contributed by atoms with van der Waals surface area (Å²) in [7, 11) is -3.13. The molecule has 0 radical (unpaired) electrons. The third kappa shape index (κ3) is 19.5. The summed E-state index contributed by atoms with van der Waals surface area (Å²) < 4.78 is 34.5. The highest BCUT2D eigenvalue weighted by atomic mass is 31.2. The van der Waals surface area contributed by atoms with Gasteiger partial charge in [-0.15, -0.1) is 0 Å². The number of ether oxygens (including phenoxy) is 4. The SMILES string of the molecule is COC(=O)NCCCCCC(O)OCCOCCOCCOP(=O)(O)O. The van der Waals surface area contributed by atoms with Gasteiger partial charge in [0.1, 0.15) is 0 Å². The van der Waals surface area contributed by atoms with E-state index in [2.05, 4.69) is 14.6 Å². The second-order valence-corrected chi connectivity index (χ2v) is 6.38. The van der Waals surface area contributed by atoms with Gasteiger partial charge in [0.25, 0.3) is 0 Å². The van der Waals surface area contributed by atoms with Crippen LogP contribution in [0.1, 0.15) is 25.7 Å². The predicted octanol–water partition coefficient (Wildman–Crippen LogP) is 0.380. The third-order valence-corrected chi connectivity index (χ3v) is 3.50. The van der Waals surface area contributed by atoms with Crippen LogP contribution in [0.2, 0.25) is 0 Å². The van der Waals surface area contributed by atoms with E-state index in [1.807, 2.05) is 0 Å². The number of unbranched alkanes of at least 4 members (excludes halogenated alkanes) is 2. The molecule has 1 unspecified atom stereocenters. The lowest BCUT2D eigenvalue weighted by Gasteiger charge is -2.12. The van der Waals surface area contributed by atoms with Crippen LogP contribution in [0.25, 0.3) is 0 Å². The van der Waals surface area contributed by atoms with Crippen molar-refractivity contribution in [2.24, 2.45) is 0 Å². The Balaban J connectivity index is 3.25. The fourth-order valence-corrected chi connectivity index (χ4v) is 2.06. The number of hydrogen-bond donors (Lipinski definition) is 4. The van der Waals surface area contributed by atoms with Crippen LogP contribution < -0.4 is 5.32 Å². The van der Waals surface area contributed by atoms with Crippen molar-refractivity contribution in [3.8, 4) is 0 Å². The standard InChI is InChI=1S/C14H30NO10P/c1-21-14(17)15-6-4-2-3-5-13(16)24-11-9-22-7-8-23-10-12-25-26(18,19)20/h13,16H,2-12H2,1H3,(H,15,17)(H2,18,19,20). The molecule has 0 aromatic heterocycles. The van der Waals surface area contributed by atoms with Crippen molar-refractivity contribution in [2.45, 2.75) is 32.0 Å². The Morgan fingerprint density at radius 3 is 2.23 bits per heavy atom. The molecular weight excluding hydrogens is 373 g/mol. The first-order chi connectivity index (χ1) is 12.3. The Morgan fingerprint density at radius 2 is 1.62 bits per heavy atom. The zero-order chi connectivity index (χ0) is 19.7. The molecule has 0 saturated carbocycles. The Morgan fingerprint density at radius 1 is 1.00 bits per heavy atom. The highest BCUT2D eigenvalue weighted by molar-refractivity contribution is 7.46. The number of carbonyl (C=O) groups is 1. The van der Waals surface area contributed by atoms with E-state index in [0.29, 0.717) is 26.2 Å². The molecule has 156 valence electrons. The van der Waals surface area contributed by atoms with Crippen LogP contribution in [0, 0.1) is 0 Å². The maximum Gasteiger partial charge on any atom is 0.469 e. The van der Waals surface area contributed by atoms with E-state index < -0.39 is 20.2 Å². The average Bonchev–Trinajstić information content (AvgIpc) is 2.58. The van der Waals surface area contributed by atoms with Gasteiger partial charge in [0.2, 0.25) is 0 Å². The van der Waals surface area contributed by atoms with Crippen LogP contribution in [-0.4, -0.2) is 80.6 Å². The van der Waals surface area contributed by atoms with Crippen LogP contribution in [0.5, 0.6) is 0 Å². The van der Waals surface area contributed by atoms with Gasteiger partial charge >= 0.3 is 13.9 Å². The first-order valence-corrected chi connectivity index (χ1v) is 9.85. The summed E-state index contributed by atoms with van der Waals surface area (Å²) >= 11 is 0. The smallest absolute Gasteiger partial charge is 0.453 e. The van der Waals surface area contributed by atoms with E-state index in [-0.39, 0.29) is 26.4 Å². The number of aliphatic hydroxyl groups excluding tert-OH is 1. The summed E-state index contributed by atoms with van der Waals surface area (Å²) in [5.41, 5.74) is 0. The zero-order valence-corrected chi connectivity index (χ0v) is 15.9. The summed E-state index contributed by atoms with van der Waals surface area (Å²) in [4.78, 5) is 27.7. The molecule has 11 nitrogen and oxygen atoms in total. The molecule has 0 fully saturated rings. The van der Waals surface area contributed by atoms with E-state index in [1.54, 1.807) is 0 Å². The highest BCUT2D eigenvalue weighted by Gasteiger charge is 2.12. The number of nitrogens with one attached hydrogen (secondary N) is 1. The lowest BCUT2D eigenvalue weighted by Crippen LogP contribution is -2.24. The summed E-state index contributed by atoms with van der Waals surface area (Å²) in [6.45, 7) is 1.48. The van der Waals surface area contributed by atoms with Crippen molar-refractivity contribution in [2.75, 3.05) is 53.3 Å². The van der Waals surface area contributed by atoms with Gasteiger partial charge in [0.15, 0.2) is 6.29 Å². The number of alkyl carbamates (subject to hydrolysis) is 1. The first kappa shape index (κ1) is 25.2. The average molecular weight is 403 g/mol. The normalized spacial score (nSPS) is 12.8. The Kier molecular flexibility index (Phi) is 15.9. The van der Waals surface area contributed by atoms with Gasteiger partial charge in [0.05, 0.1) is 46.8 Å². The number of phosphoric acid groups is 1. The molecule has 0 saturated heterocycles. The molecule has 12 heteroatoms. The lowest BCUT2D eigenvalue weighted by atomic mass is 10.2. The minimum absolute atomic E-state index is 0.0544. The molecule has 0 spiro atoms. The first-order valence-electron chi connectivity index (χ1n) is 8.32. The van der Waals surface area contributed by atoms with E-state index in [9.17, 15) is 14.5 Å². The molecule has 0 heterocycles. The van der Waals surface area contributed by atoms with Gasteiger partial charge in [-0.05, 0) is 19.3 Å². The van der Waals surface area contributed by atoms with Crippen molar-refractivity contribution >= 4 is 13.9 Å². The van der Waals surface area contributed by atoms with Crippen LogP contribution in [0.15, 0.2) is 0 Å². The fraction of sp³-hybridized carbons (Fsp3) is 0.929. The fourth-order valence-electron chi connectivity index (χ4n) is 1.75. The van der Waals surface area contributed by atoms with E-state index >= 15 is 0 Å². The molecule has 0 aliphatic carbocycles. The predicted molar refractivity (Wildman–Crippen MR) is 90.5 cm³/mol. The Hall–Kier alpha value is -0.780. The van der Waals surface area contributed by atoms with Gasteiger partial charge in [-0.2, -0.15) is 0 Å². The molecule has 1 atom stereocenters. The van der Waals surface area contributed by atoms with Gasteiger partial charge < -0.3 is 39.2 Å². The van der Waals surface area contributed by atoms with Crippen molar-refractivity contribution in [1.29, 1.82) is 0 Å². The minimum atomic E-state index is -4.44. The van der Waals surface area contributed by atoms with Crippen molar-refractivity contribution in [3.63, 3.8) is 0 Å². The molecule has 0 aliphatic heterocycles. The molecule has 0 aromatic rings. The lowest BCUT2D eigenvalue weighted by molar-refractivity contribution is -0.118. The summed E-state index contributed by atoms with van der Waals surface area (Å²) in [6.07, 6.45) is 1.62. The Bertz CT molecular complexity index is 392. The third-order valence-electron chi connectivity index (χ3n) is 2.98. The maximum atomic E-state index is 10.8. The molecule has 0 aliphatic rings. The van der Waals surface area contributed by atoms with Crippen molar-refractivity contribution in [3.05, 3.63) is 0 Å². The number of hydrogen-bond acceptors (Lipinski definition) is 8. The number of carbonyl (C=O) groups excluding carboxylic acids is 1. The molecule has 1 amide bonds. The molecular formula is C14H30NO10P. The summed E-state index contributed by atoms with van der Waals surface area (Å²) in [5, 5.41) is 12.2. The van der Waals surface area contributed by atoms with Gasteiger partial charge in [-0.25, -0.2) is 9.36 Å². The van der Waals surface area contributed by atoms with Crippen molar-refractivity contribution in [1.82, 2.24) is 5.32 Å². The number of aliphatic hydroxyl groups is 1. The summed E-state index contributed by atoms with van der Waals surface area (Å²) in [6, 6.07) is 0. The van der Waals surface area contributed by atoms with E-state index in [1.165, 1.54) is 7.11 Å². The maximum absolute atomic E-state index is 10.8. The van der Waals surface area contributed by atoms with Crippen LogP contribution in [-0.2, 0) is 28.0 Å². The number of phosphoric ester groups is 1. The van der Waals surface area contributed by atoms with Crippen molar-refractivity contribution < 1.29 is 47.7 Å². The number of amides is 1. The number of rotatable bonds is 17. The largest absolute Gasteiger partial charge is 0.469 e. The van der Waals surface area contributed by atoms with Crippen LogP contribution in [0.4, 0.5) is 4.79 Å². The quantitative estimate of drug-likeness (QED) is 0.152. The molecule has 0 aromatic carbocycles. The molecule has 4 N–H and O–H groups in total. The second kappa shape index (κ2) is 16.4.